The Balaban J connectivity index is 1.37. The molecule has 1 aromatic carbocycles. The molecule has 0 atom stereocenters. The van der Waals surface area contributed by atoms with Gasteiger partial charge in [-0.05, 0) is 87.3 Å². The Morgan fingerprint density at radius 3 is 2.68 bits per heavy atom. The number of aromatic amines is 1. The van der Waals surface area contributed by atoms with Crippen molar-refractivity contribution in [3.8, 4) is 17.0 Å². The Morgan fingerprint density at radius 2 is 1.94 bits per heavy atom. The minimum atomic E-state index is -0.0194. The lowest BCUT2D eigenvalue weighted by atomic mass is 9.79. The van der Waals surface area contributed by atoms with E-state index in [0.29, 0.717) is 17.4 Å². The fourth-order valence-electron chi connectivity index (χ4n) is 4.63. The molecule has 0 aliphatic heterocycles. The second kappa shape index (κ2) is 9.38. The van der Waals surface area contributed by atoms with Gasteiger partial charge in [0.2, 0.25) is 0 Å². The van der Waals surface area contributed by atoms with Crippen LogP contribution in [0, 0.1) is 19.8 Å². The van der Waals surface area contributed by atoms with Crippen LogP contribution in [0.2, 0.25) is 0 Å². The molecule has 0 bridgehead atoms. The SMILES string of the molecule is COc1cccc(-c2[nH]c(C)cc2C(=O)NCC2CCC(c3ccnc(C)c3)CC2)c1. The molecule has 5 nitrogen and oxygen atoms in total. The highest BCUT2D eigenvalue weighted by Crippen LogP contribution is 2.35. The first-order chi connectivity index (χ1) is 15.0. The number of benzene rings is 1. The van der Waals surface area contributed by atoms with Crippen molar-refractivity contribution in [3.05, 3.63) is 71.2 Å². The van der Waals surface area contributed by atoms with Crippen LogP contribution >= 0.6 is 0 Å². The van der Waals surface area contributed by atoms with Crippen LogP contribution in [-0.2, 0) is 0 Å². The number of amides is 1. The highest BCUT2D eigenvalue weighted by molar-refractivity contribution is 6.00. The average Bonchev–Trinajstić information content (AvgIpc) is 3.19. The molecule has 31 heavy (non-hydrogen) atoms. The van der Waals surface area contributed by atoms with Crippen LogP contribution in [0.4, 0.5) is 0 Å². The van der Waals surface area contributed by atoms with Crippen molar-refractivity contribution < 1.29 is 9.53 Å². The normalized spacial score (nSPS) is 18.5. The van der Waals surface area contributed by atoms with Crippen LogP contribution in [0.15, 0.2) is 48.7 Å². The van der Waals surface area contributed by atoms with Gasteiger partial charge in [0.05, 0.1) is 18.4 Å². The van der Waals surface area contributed by atoms with Gasteiger partial charge in [0.1, 0.15) is 5.75 Å². The quantitative estimate of drug-likeness (QED) is 0.564. The molecule has 0 radical (unpaired) electrons. The van der Waals surface area contributed by atoms with E-state index >= 15 is 0 Å². The number of carbonyl (C=O) groups is 1. The zero-order valence-electron chi connectivity index (χ0n) is 18.6. The second-order valence-corrected chi connectivity index (χ2v) is 8.63. The summed E-state index contributed by atoms with van der Waals surface area (Å²) in [6.07, 6.45) is 6.53. The van der Waals surface area contributed by atoms with Gasteiger partial charge < -0.3 is 15.0 Å². The van der Waals surface area contributed by atoms with Gasteiger partial charge in [0.15, 0.2) is 0 Å². The number of rotatable bonds is 6. The molecule has 2 aromatic heterocycles. The maximum Gasteiger partial charge on any atom is 0.253 e. The third kappa shape index (κ3) is 4.98. The fraction of sp³-hybridized carbons (Fsp3) is 0.385. The smallest absolute Gasteiger partial charge is 0.253 e. The molecule has 0 spiro atoms. The number of aryl methyl sites for hydroxylation is 2. The van der Waals surface area contributed by atoms with Crippen molar-refractivity contribution in [2.45, 2.75) is 45.4 Å². The monoisotopic (exact) mass is 417 g/mol. The minimum Gasteiger partial charge on any atom is -0.497 e. The largest absolute Gasteiger partial charge is 0.497 e. The van der Waals surface area contributed by atoms with E-state index in [9.17, 15) is 4.79 Å². The van der Waals surface area contributed by atoms with Gasteiger partial charge in [0.25, 0.3) is 5.91 Å². The Morgan fingerprint density at radius 1 is 1.13 bits per heavy atom. The number of pyridine rings is 1. The predicted octanol–water partition coefficient (Wildman–Crippen LogP) is 5.41. The average molecular weight is 418 g/mol. The summed E-state index contributed by atoms with van der Waals surface area (Å²) in [4.78, 5) is 20.7. The molecule has 5 heteroatoms. The summed E-state index contributed by atoms with van der Waals surface area (Å²) in [6, 6.07) is 14.1. The molecule has 1 aliphatic carbocycles. The van der Waals surface area contributed by atoms with Gasteiger partial charge in [-0.1, -0.05) is 12.1 Å². The number of aromatic nitrogens is 2. The number of nitrogens with zero attached hydrogens (tertiary/aromatic N) is 1. The minimum absolute atomic E-state index is 0.0194. The van der Waals surface area contributed by atoms with E-state index in [2.05, 4.69) is 27.4 Å². The highest BCUT2D eigenvalue weighted by Gasteiger charge is 2.24. The Hall–Kier alpha value is -3.08. The first-order valence-electron chi connectivity index (χ1n) is 11.1. The number of hydrogen-bond acceptors (Lipinski definition) is 3. The molecule has 1 amide bonds. The molecule has 3 aromatic rings. The predicted molar refractivity (Wildman–Crippen MR) is 124 cm³/mol. The van der Waals surface area contributed by atoms with Crippen LogP contribution in [-0.4, -0.2) is 29.5 Å². The maximum atomic E-state index is 13.0. The number of carbonyl (C=O) groups excluding carboxylic acids is 1. The van der Waals surface area contributed by atoms with Crippen LogP contribution in [0.25, 0.3) is 11.3 Å². The van der Waals surface area contributed by atoms with Crippen molar-refractivity contribution in [2.24, 2.45) is 5.92 Å². The van der Waals surface area contributed by atoms with Crippen molar-refractivity contribution in [3.63, 3.8) is 0 Å². The number of ether oxygens (including phenoxy) is 1. The Bertz CT molecular complexity index is 1050. The molecular weight excluding hydrogens is 386 g/mol. The standard InChI is InChI=1S/C26H31N3O2/c1-17-13-21(11-12-27-17)20-9-7-19(8-10-20)16-28-26(30)24-14-18(2)29-25(24)22-5-4-6-23(15-22)31-3/h4-6,11-15,19-20,29H,7-10,16H2,1-3H3,(H,28,30). The number of H-pyrrole nitrogens is 1. The van der Waals surface area contributed by atoms with E-state index in [1.165, 1.54) is 18.4 Å². The molecule has 162 valence electrons. The summed E-state index contributed by atoms with van der Waals surface area (Å²) < 4.78 is 5.34. The van der Waals surface area contributed by atoms with Crippen LogP contribution in [0.3, 0.4) is 0 Å². The van der Waals surface area contributed by atoms with Gasteiger partial charge in [-0.25, -0.2) is 0 Å². The van der Waals surface area contributed by atoms with Crippen LogP contribution in [0.1, 0.15) is 58.9 Å². The van der Waals surface area contributed by atoms with Gasteiger partial charge >= 0.3 is 0 Å². The fourth-order valence-corrected chi connectivity index (χ4v) is 4.63. The van der Waals surface area contributed by atoms with Crippen LogP contribution in [0.5, 0.6) is 5.75 Å². The lowest BCUT2D eigenvalue weighted by Gasteiger charge is -2.29. The summed E-state index contributed by atoms with van der Waals surface area (Å²) in [5, 5.41) is 3.18. The van der Waals surface area contributed by atoms with E-state index < -0.39 is 0 Å². The van der Waals surface area contributed by atoms with Crippen molar-refractivity contribution in [1.82, 2.24) is 15.3 Å². The van der Waals surface area contributed by atoms with Gasteiger partial charge in [-0.2, -0.15) is 0 Å². The summed E-state index contributed by atoms with van der Waals surface area (Å²) in [5.74, 6) is 1.90. The zero-order chi connectivity index (χ0) is 21.8. The maximum absolute atomic E-state index is 13.0. The summed E-state index contributed by atoms with van der Waals surface area (Å²) in [6.45, 7) is 4.75. The third-order valence-electron chi connectivity index (χ3n) is 6.35. The molecule has 0 unspecified atom stereocenters. The molecule has 1 fully saturated rings. The van der Waals surface area contributed by atoms with Crippen molar-refractivity contribution in [2.75, 3.05) is 13.7 Å². The van der Waals surface area contributed by atoms with Crippen molar-refractivity contribution >= 4 is 5.91 Å². The van der Waals surface area contributed by atoms with E-state index in [0.717, 1.165) is 47.8 Å². The molecule has 1 aliphatic rings. The van der Waals surface area contributed by atoms with E-state index in [1.54, 1.807) is 7.11 Å². The lowest BCUT2D eigenvalue weighted by Crippen LogP contribution is -2.31. The zero-order valence-corrected chi connectivity index (χ0v) is 18.6. The van der Waals surface area contributed by atoms with Gasteiger partial charge in [-0.3, -0.25) is 9.78 Å². The summed E-state index contributed by atoms with van der Waals surface area (Å²) >= 11 is 0. The Labute approximate surface area is 184 Å². The number of methoxy groups -OCH3 is 1. The van der Waals surface area contributed by atoms with E-state index in [-0.39, 0.29) is 5.91 Å². The topological polar surface area (TPSA) is 67.0 Å². The molecule has 2 N–H and O–H groups in total. The van der Waals surface area contributed by atoms with Gasteiger partial charge in [-0.15, -0.1) is 0 Å². The van der Waals surface area contributed by atoms with E-state index in [4.69, 9.17) is 4.74 Å². The summed E-state index contributed by atoms with van der Waals surface area (Å²) in [5.41, 5.74) is 5.93. The highest BCUT2D eigenvalue weighted by atomic mass is 16.5. The van der Waals surface area contributed by atoms with Crippen molar-refractivity contribution in [1.29, 1.82) is 0 Å². The lowest BCUT2D eigenvalue weighted by molar-refractivity contribution is 0.0943. The number of hydrogen-bond donors (Lipinski definition) is 2. The van der Waals surface area contributed by atoms with Gasteiger partial charge in [0, 0.05) is 29.7 Å². The van der Waals surface area contributed by atoms with Crippen LogP contribution < -0.4 is 10.1 Å². The molecule has 4 rings (SSSR count). The molecule has 0 saturated heterocycles. The summed E-state index contributed by atoms with van der Waals surface area (Å²) in [7, 11) is 1.65. The Kier molecular flexibility index (Phi) is 6.40. The third-order valence-corrected chi connectivity index (χ3v) is 6.35. The molecular formula is C26H31N3O2. The molecule has 2 heterocycles. The second-order valence-electron chi connectivity index (χ2n) is 8.63. The first-order valence-corrected chi connectivity index (χ1v) is 11.1. The first kappa shape index (κ1) is 21.2. The molecule has 1 saturated carbocycles. The van der Waals surface area contributed by atoms with E-state index in [1.807, 2.05) is 50.4 Å². The number of nitrogens with one attached hydrogen (secondary N) is 2.